The van der Waals surface area contributed by atoms with Crippen LogP contribution in [-0.4, -0.2) is 41.1 Å². The van der Waals surface area contributed by atoms with E-state index >= 15 is 0 Å². The van der Waals surface area contributed by atoms with Crippen LogP contribution in [0.15, 0.2) is 5.16 Å². The molecule has 0 saturated carbocycles. The van der Waals surface area contributed by atoms with E-state index in [9.17, 15) is 0 Å². The van der Waals surface area contributed by atoms with Crippen LogP contribution in [0.1, 0.15) is 29.7 Å². The van der Waals surface area contributed by atoms with Crippen LogP contribution in [0, 0.1) is 19.8 Å². The number of aryl methyl sites for hydroxylation is 1. The summed E-state index contributed by atoms with van der Waals surface area (Å²) in [5, 5.41) is 20.0. The van der Waals surface area contributed by atoms with E-state index in [0.29, 0.717) is 24.0 Å². The van der Waals surface area contributed by atoms with Crippen molar-refractivity contribution in [2.75, 3.05) is 19.8 Å². The molecule has 0 aromatic carbocycles. The second-order valence-corrected chi connectivity index (χ2v) is 4.94. The lowest BCUT2D eigenvalue weighted by atomic mass is 10.0. The Balaban J connectivity index is 2.16. The summed E-state index contributed by atoms with van der Waals surface area (Å²) in [6.45, 7) is 5.73. The summed E-state index contributed by atoms with van der Waals surface area (Å²) in [5.41, 5.74) is 7.74. The highest BCUT2D eigenvalue weighted by Gasteiger charge is 2.19. The first kappa shape index (κ1) is 14.5. The summed E-state index contributed by atoms with van der Waals surface area (Å²) in [5.74, 6) is 0.740. The summed E-state index contributed by atoms with van der Waals surface area (Å²) < 4.78 is 11.0. The molecule has 0 amide bonds. The molecule has 0 unspecified atom stereocenters. The van der Waals surface area contributed by atoms with Crippen LogP contribution in [0.25, 0.3) is 0 Å². The molecule has 7 nitrogen and oxygen atoms in total. The van der Waals surface area contributed by atoms with E-state index in [0.717, 1.165) is 37.3 Å². The number of nitrogens with two attached hydrogens (primary N) is 1. The van der Waals surface area contributed by atoms with E-state index in [2.05, 4.69) is 15.4 Å². The smallest absolute Gasteiger partial charge is 0.244 e. The summed E-state index contributed by atoms with van der Waals surface area (Å²) in [7, 11) is 0. The molecule has 0 radical (unpaired) electrons. The lowest BCUT2D eigenvalue weighted by Gasteiger charge is -2.22. The Labute approximate surface area is 117 Å². The standard InChI is InChI=1S/C13H20N4O3/c1-8-9(2)15-16-13(11(8)12(14)17-18)20-7-10-3-5-19-6-4-10/h10,18H,3-7H2,1-2H3,(H2,14,17). The Kier molecular flexibility index (Phi) is 4.73. The van der Waals surface area contributed by atoms with Crippen LogP contribution < -0.4 is 10.5 Å². The molecular weight excluding hydrogens is 260 g/mol. The fourth-order valence-electron chi connectivity index (χ4n) is 2.15. The quantitative estimate of drug-likeness (QED) is 0.369. The predicted molar refractivity (Wildman–Crippen MR) is 73.1 cm³/mol. The molecule has 0 bridgehead atoms. The van der Waals surface area contributed by atoms with Gasteiger partial charge < -0.3 is 20.4 Å². The monoisotopic (exact) mass is 280 g/mol. The molecule has 3 N–H and O–H groups in total. The van der Waals surface area contributed by atoms with Crippen molar-refractivity contribution in [2.45, 2.75) is 26.7 Å². The van der Waals surface area contributed by atoms with E-state index in [1.54, 1.807) is 0 Å². The van der Waals surface area contributed by atoms with E-state index in [-0.39, 0.29) is 5.84 Å². The molecule has 2 heterocycles. The van der Waals surface area contributed by atoms with Gasteiger partial charge in [-0.1, -0.05) is 5.16 Å². The van der Waals surface area contributed by atoms with Gasteiger partial charge in [-0.2, -0.15) is 5.10 Å². The normalized spacial score (nSPS) is 17.2. The lowest BCUT2D eigenvalue weighted by molar-refractivity contribution is 0.0488. The molecule has 0 aliphatic carbocycles. The van der Waals surface area contributed by atoms with E-state index in [4.69, 9.17) is 20.4 Å². The van der Waals surface area contributed by atoms with Gasteiger partial charge >= 0.3 is 0 Å². The molecule has 1 saturated heterocycles. The molecule has 1 aromatic rings. The fourth-order valence-corrected chi connectivity index (χ4v) is 2.15. The highest BCUT2D eigenvalue weighted by molar-refractivity contribution is 6.00. The SMILES string of the molecule is Cc1nnc(OCC2CCOCC2)c(C(N)=NO)c1C. The Morgan fingerprint density at radius 1 is 1.40 bits per heavy atom. The lowest BCUT2D eigenvalue weighted by Crippen LogP contribution is -2.24. The van der Waals surface area contributed by atoms with Gasteiger partial charge in [0.15, 0.2) is 5.84 Å². The highest BCUT2D eigenvalue weighted by Crippen LogP contribution is 2.22. The number of hydrogen-bond acceptors (Lipinski definition) is 6. The van der Waals surface area contributed by atoms with Crippen LogP contribution in [0.4, 0.5) is 0 Å². The van der Waals surface area contributed by atoms with Crippen molar-refractivity contribution < 1.29 is 14.7 Å². The van der Waals surface area contributed by atoms with Gasteiger partial charge in [0.1, 0.15) is 0 Å². The minimum absolute atomic E-state index is 0.0116. The van der Waals surface area contributed by atoms with Gasteiger partial charge in [-0.15, -0.1) is 5.10 Å². The van der Waals surface area contributed by atoms with Gasteiger partial charge in [-0.25, -0.2) is 0 Å². The van der Waals surface area contributed by atoms with E-state index < -0.39 is 0 Å². The molecule has 2 rings (SSSR count). The summed E-state index contributed by atoms with van der Waals surface area (Å²) in [6, 6.07) is 0. The zero-order chi connectivity index (χ0) is 14.5. The first-order valence-electron chi connectivity index (χ1n) is 6.65. The van der Waals surface area contributed by atoms with Crippen LogP contribution in [-0.2, 0) is 4.74 Å². The largest absolute Gasteiger partial charge is 0.476 e. The molecular formula is C13H20N4O3. The van der Waals surface area contributed by atoms with Crippen LogP contribution in [0.3, 0.4) is 0 Å². The first-order valence-corrected chi connectivity index (χ1v) is 6.65. The van der Waals surface area contributed by atoms with Crippen molar-refractivity contribution in [1.29, 1.82) is 0 Å². The average molecular weight is 280 g/mol. The zero-order valence-corrected chi connectivity index (χ0v) is 11.8. The summed E-state index contributed by atoms with van der Waals surface area (Å²) in [6.07, 6.45) is 1.94. The molecule has 20 heavy (non-hydrogen) atoms. The maximum absolute atomic E-state index is 8.89. The van der Waals surface area contributed by atoms with Crippen molar-refractivity contribution in [3.8, 4) is 5.88 Å². The van der Waals surface area contributed by atoms with Gasteiger partial charge in [-0.3, -0.25) is 0 Å². The van der Waals surface area contributed by atoms with E-state index in [1.807, 2.05) is 13.8 Å². The molecule has 1 aromatic heterocycles. The van der Waals surface area contributed by atoms with Gasteiger partial charge in [0.05, 0.1) is 17.9 Å². The predicted octanol–water partition coefficient (Wildman–Crippen LogP) is 0.993. The van der Waals surface area contributed by atoms with Gasteiger partial charge in [-0.05, 0) is 38.2 Å². The number of amidine groups is 1. The number of rotatable bonds is 4. The number of ether oxygens (including phenoxy) is 2. The molecule has 1 aliphatic heterocycles. The van der Waals surface area contributed by atoms with Crippen molar-refractivity contribution in [3.63, 3.8) is 0 Å². The molecule has 1 aliphatic rings. The number of nitrogens with zero attached hydrogens (tertiary/aromatic N) is 3. The Morgan fingerprint density at radius 3 is 2.75 bits per heavy atom. The second-order valence-electron chi connectivity index (χ2n) is 4.94. The van der Waals surface area contributed by atoms with Crippen molar-refractivity contribution in [2.24, 2.45) is 16.8 Å². The minimum atomic E-state index is -0.0116. The van der Waals surface area contributed by atoms with Crippen molar-refractivity contribution in [1.82, 2.24) is 10.2 Å². The molecule has 0 atom stereocenters. The van der Waals surface area contributed by atoms with Gasteiger partial charge in [0, 0.05) is 13.2 Å². The highest BCUT2D eigenvalue weighted by atomic mass is 16.5. The Morgan fingerprint density at radius 2 is 2.10 bits per heavy atom. The first-order chi connectivity index (χ1) is 9.63. The van der Waals surface area contributed by atoms with Gasteiger partial charge in [0.25, 0.3) is 0 Å². The molecule has 0 spiro atoms. The van der Waals surface area contributed by atoms with Crippen LogP contribution in [0.2, 0.25) is 0 Å². The van der Waals surface area contributed by atoms with Crippen LogP contribution >= 0.6 is 0 Å². The number of hydrogen-bond donors (Lipinski definition) is 2. The minimum Gasteiger partial charge on any atom is -0.476 e. The third-order valence-electron chi connectivity index (χ3n) is 3.58. The second kappa shape index (κ2) is 6.51. The maximum atomic E-state index is 8.89. The summed E-state index contributed by atoms with van der Waals surface area (Å²) >= 11 is 0. The third-order valence-corrected chi connectivity index (χ3v) is 3.58. The Bertz CT molecular complexity index is 499. The Hall–Kier alpha value is -1.89. The molecule has 110 valence electrons. The third kappa shape index (κ3) is 3.16. The van der Waals surface area contributed by atoms with E-state index in [1.165, 1.54) is 0 Å². The maximum Gasteiger partial charge on any atom is 0.244 e. The fraction of sp³-hybridized carbons (Fsp3) is 0.615. The number of aromatic nitrogens is 2. The average Bonchev–Trinajstić information content (AvgIpc) is 2.48. The summed E-state index contributed by atoms with van der Waals surface area (Å²) in [4.78, 5) is 0. The molecule has 7 heteroatoms. The zero-order valence-electron chi connectivity index (χ0n) is 11.8. The van der Waals surface area contributed by atoms with Crippen LogP contribution in [0.5, 0.6) is 5.88 Å². The topological polar surface area (TPSA) is 103 Å². The van der Waals surface area contributed by atoms with Crippen molar-refractivity contribution in [3.05, 3.63) is 16.8 Å². The molecule has 1 fully saturated rings. The van der Waals surface area contributed by atoms with Gasteiger partial charge in [0.2, 0.25) is 5.88 Å². The van der Waals surface area contributed by atoms with Crippen molar-refractivity contribution >= 4 is 5.84 Å². The number of oxime groups is 1.